The zero-order valence-electron chi connectivity index (χ0n) is 20.0. The minimum atomic E-state index is -0.830. The molecule has 4 rings (SSSR count). The zero-order valence-corrected chi connectivity index (χ0v) is 20.0. The molecule has 1 aliphatic carbocycles. The van der Waals surface area contributed by atoms with Gasteiger partial charge in [0.25, 0.3) is 0 Å². The van der Waals surface area contributed by atoms with Crippen LogP contribution >= 0.6 is 0 Å². The molecule has 5 heteroatoms. The third kappa shape index (κ3) is 6.08. The van der Waals surface area contributed by atoms with Gasteiger partial charge in [-0.1, -0.05) is 56.2 Å². The quantitative estimate of drug-likeness (QED) is 0.225. The lowest BCUT2D eigenvalue weighted by Gasteiger charge is -2.27. The molecular weight excluding hydrogens is 449 g/mol. The highest BCUT2D eigenvalue weighted by molar-refractivity contribution is 5.65. The maximum absolute atomic E-state index is 14.8. The van der Waals surface area contributed by atoms with E-state index in [9.17, 15) is 13.2 Å². The summed E-state index contributed by atoms with van der Waals surface area (Å²) in [5.74, 6) is -0.560. The molecule has 3 aromatic rings. The van der Waals surface area contributed by atoms with E-state index in [1.165, 1.54) is 6.07 Å². The van der Waals surface area contributed by atoms with Gasteiger partial charge in [0.15, 0.2) is 23.2 Å². The van der Waals surface area contributed by atoms with Crippen molar-refractivity contribution in [3.63, 3.8) is 0 Å². The highest BCUT2D eigenvalue weighted by Crippen LogP contribution is 2.37. The molecule has 0 N–H and O–H groups in total. The highest BCUT2D eigenvalue weighted by Gasteiger charge is 2.24. The molecule has 0 unspecified atom stereocenters. The molecule has 0 radical (unpaired) electrons. The van der Waals surface area contributed by atoms with Gasteiger partial charge in [0, 0.05) is 5.56 Å². The van der Waals surface area contributed by atoms with Crippen LogP contribution < -0.4 is 9.47 Å². The Kier molecular flexibility index (Phi) is 8.17. The largest absolute Gasteiger partial charge is 0.490 e. The van der Waals surface area contributed by atoms with Crippen LogP contribution in [-0.2, 0) is 6.61 Å². The number of rotatable bonds is 9. The first-order chi connectivity index (χ1) is 17.0. The van der Waals surface area contributed by atoms with Crippen molar-refractivity contribution in [3.05, 3.63) is 95.8 Å². The summed E-state index contributed by atoms with van der Waals surface area (Å²) < 4.78 is 55.0. The number of hydrogen-bond acceptors (Lipinski definition) is 2. The third-order valence-corrected chi connectivity index (χ3v) is 6.74. The average molecular weight is 481 g/mol. The van der Waals surface area contributed by atoms with Crippen LogP contribution in [0.5, 0.6) is 11.5 Å². The normalized spacial score (nSPS) is 17.7. The summed E-state index contributed by atoms with van der Waals surface area (Å²) in [4.78, 5) is 0. The first kappa shape index (κ1) is 24.9. The van der Waals surface area contributed by atoms with Gasteiger partial charge in [0.1, 0.15) is 12.4 Å². The van der Waals surface area contributed by atoms with Crippen LogP contribution in [0.15, 0.2) is 67.3 Å². The fourth-order valence-corrected chi connectivity index (χ4v) is 4.56. The number of benzene rings is 3. The van der Waals surface area contributed by atoms with Crippen molar-refractivity contribution in [2.75, 3.05) is 6.61 Å². The molecule has 3 aromatic carbocycles. The van der Waals surface area contributed by atoms with Crippen molar-refractivity contribution in [2.24, 2.45) is 5.92 Å². The fourth-order valence-electron chi connectivity index (χ4n) is 4.56. The highest BCUT2D eigenvalue weighted by atomic mass is 19.2. The van der Waals surface area contributed by atoms with Crippen LogP contribution in [0.4, 0.5) is 13.2 Å². The Morgan fingerprint density at radius 1 is 0.857 bits per heavy atom. The maximum Gasteiger partial charge on any atom is 0.165 e. The Bertz CT molecular complexity index is 1150. The van der Waals surface area contributed by atoms with Gasteiger partial charge in [0.2, 0.25) is 0 Å². The first-order valence-corrected chi connectivity index (χ1v) is 12.2. The summed E-state index contributed by atoms with van der Waals surface area (Å²) in [6.45, 7) is 6.12. The van der Waals surface area contributed by atoms with Gasteiger partial charge in [-0.3, -0.25) is 0 Å². The van der Waals surface area contributed by atoms with Crippen LogP contribution in [0.2, 0.25) is 0 Å². The van der Waals surface area contributed by atoms with E-state index in [0.717, 1.165) is 31.2 Å². The molecule has 1 fully saturated rings. The van der Waals surface area contributed by atoms with E-state index in [1.807, 2.05) is 0 Å². The molecule has 184 valence electrons. The van der Waals surface area contributed by atoms with Gasteiger partial charge in [-0.2, -0.15) is 0 Å². The van der Waals surface area contributed by atoms with E-state index >= 15 is 0 Å². The van der Waals surface area contributed by atoms with Crippen LogP contribution in [0.3, 0.4) is 0 Å². The Balaban J connectivity index is 1.38. The number of ether oxygens (including phenoxy) is 2. The molecule has 0 amide bonds. The summed E-state index contributed by atoms with van der Waals surface area (Å²) in [5.41, 5.74) is 2.17. The van der Waals surface area contributed by atoms with Crippen LogP contribution in [0, 0.1) is 23.4 Å². The first-order valence-electron chi connectivity index (χ1n) is 12.2. The molecule has 0 saturated heterocycles. The molecule has 0 aromatic heterocycles. The van der Waals surface area contributed by atoms with Gasteiger partial charge in [-0.25, -0.2) is 13.2 Å². The topological polar surface area (TPSA) is 18.5 Å². The van der Waals surface area contributed by atoms with E-state index in [2.05, 4.69) is 13.5 Å². The third-order valence-electron chi connectivity index (χ3n) is 6.74. The van der Waals surface area contributed by atoms with Gasteiger partial charge < -0.3 is 9.47 Å². The lowest BCUT2D eigenvalue weighted by atomic mass is 9.79. The Hall–Kier alpha value is -3.21. The molecule has 35 heavy (non-hydrogen) atoms. The molecule has 1 saturated carbocycles. The second kappa shape index (κ2) is 11.5. The van der Waals surface area contributed by atoms with Gasteiger partial charge >= 0.3 is 0 Å². The molecule has 2 nitrogen and oxygen atoms in total. The molecule has 0 atom stereocenters. The van der Waals surface area contributed by atoms with E-state index in [4.69, 9.17) is 9.47 Å². The minimum absolute atomic E-state index is 0.0740. The molecule has 0 bridgehead atoms. The maximum atomic E-state index is 14.8. The van der Waals surface area contributed by atoms with Crippen molar-refractivity contribution < 1.29 is 22.6 Å². The molecule has 0 heterocycles. The lowest BCUT2D eigenvalue weighted by Crippen LogP contribution is -2.13. The molecule has 1 aliphatic rings. The van der Waals surface area contributed by atoms with Crippen molar-refractivity contribution in [1.82, 2.24) is 0 Å². The summed E-state index contributed by atoms with van der Waals surface area (Å²) in [7, 11) is 0. The SMILES string of the molecule is C=CCCOc1ccc(-c2ccc(OCc3ccc(C4CCC(C)CC4)c(F)c3F)cc2)cc1F. The molecule has 0 aliphatic heterocycles. The van der Waals surface area contributed by atoms with E-state index in [1.54, 1.807) is 54.6 Å². The summed E-state index contributed by atoms with van der Waals surface area (Å²) in [6, 6.07) is 15.2. The van der Waals surface area contributed by atoms with Crippen LogP contribution in [-0.4, -0.2) is 6.61 Å². The Morgan fingerprint density at radius 2 is 1.57 bits per heavy atom. The predicted molar refractivity (Wildman–Crippen MR) is 133 cm³/mol. The summed E-state index contributed by atoms with van der Waals surface area (Å²) in [5, 5.41) is 0. The van der Waals surface area contributed by atoms with Gasteiger partial charge in [0.05, 0.1) is 6.61 Å². The van der Waals surface area contributed by atoms with E-state index < -0.39 is 17.5 Å². The molecular formula is C30H31F3O2. The molecule has 0 spiro atoms. The van der Waals surface area contributed by atoms with Crippen molar-refractivity contribution in [1.29, 1.82) is 0 Å². The van der Waals surface area contributed by atoms with E-state index in [-0.39, 0.29) is 23.8 Å². The zero-order chi connectivity index (χ0) is 24.8. The van der Waals surface area contributed by atoms with Crippen molar-refractivity contribution >= 4 is 0 Å². The van der Waals surface area contributed by atoms with E-state index in [0.29, 0.717) is 35.8 Å². The average Bonchev–Trinajstić information content (AvgIpc) is 2.87. The fraction of sp³-hybridized carbons (Fsp3) is 0.333. The van der Waals surface area contributed by atoms with Crippen molar-refractivity contribution in [2.45, 2.75) is 51.6 Å². The Labute approximate surface area is 205 Å². The number of halogens is 3. The van der Waals surface area contributed by atoms with Crippen molar-refractivity contribution in [3.8, 4) is 22.6 Å². The standard InChI is InChI=1S/C30H31F3O2/c1-3-4-17-34-28-16-12-23(18-27(28)31)21-9-13-25(14-10-21)35-19-24-11-15-26(30(33)29(24)32)22-7-5-20(2)6-8-22/h3,9-16,18,20,22H,1,4-8,17,19H2,2H3. The predicted octanol–water partition coefficient (Wildman–Crippen LogP) is 8.60. The second-order valence-corrected chi connectivity index (χ2v) is 9.28. The monoisotopic (exact) mass is 480 g/mol. The number of hydrogen-bond donors (Lipinski definition) is 0. The minimum Gasteiger partial charge on any atom is -0.490 e. The van der Waals surface area contributed by atoms with Gasteiger partial charge in [-0.05, 0) is 72.1 Å². The lowest BCUT2D eigenvalue weighted by molar-refractivity contribution is 0.295. The Morgan fingerprint density at radius 3 is 2.26 bits per heavy atom. The smallest absolute Gasteiger partial charge is 0.165 e. The summed E-state index contributed by atoms with van der Waals surface area (Å²) >= 11 is 0. The second-order valence-electron chi connectivity index (χ2n) is 9.28. The van der Waals surface area contributed by atoms with Crippen LogP contribution in [0.1, 0.15) is 56.1 Å². The van der Waals surface area contributed by atoms with Crippen LogP contribution in [0.25, 0.3) is 11.1 Å². The summed E-state index contributed by atoms with van der Waals surface area (Å²) in [6.07, 6.45) is 6.25. The van der Waals surface area contributed by atoms with Gasteiger partial charge in [-0.15, -0.1) is 6.58 Å².